The molecule has 6 heteroatoms. The van der Waals surface area contributed by atoms with Crippen molar-refractivity contribution in [2.75, 3.05) is 13.2 Å². The zero-order valence-corrected chi connectivity index (χ0v) is 55.8. The Labute approximate surface area is 513 Å². The molecule has 0 saturated carbocycles. The molecular weight excluding hydrogens is 1010 g/mol. The maximum Gasteiger partial charge on any atom is 0.306 e. The molecule has 0 N–H and O–H groups in total. The number of hydrogen-bond donors (Lipinski definition) is 0. The van der Waals surface area contributed by atoms with Gasteiger partial charge in [0.15, 0.2) is 6.10 Å². The lowest BCUT2D eigenvalue weighted by Gasteiger charge is -2.18. The summed E-state index contributed by atoms with van der Waals surface area (Å²) < 4.78 is 17.0. The molecule has 0 fully saturated rings. The summed E-state index contributed by atoms with van der Waals surface area (Å²) in [4.78, 5) is 38.4. The van der Waals surface area contributed by atoms with Crippen molar-refractivity contribution in [2.24, 2.45) is 0 Å². The number of rotatable bonds is 70. The van der Waals surface area contributed by atoms with Crippen molar-refractivity contribution in [1.82, 2.24) is 0 Å². The monoisotopic (exact) mass is 1150 g/mol. The van der Waals surface area contributed by atoms with Gasteiger partial charge in [0.2, 0.25) is 0 Å². The number of allylic oxidation sites excluding steroid dienone is 4. The summed E-state index contributed by atoms with van der Waals surface area (Å²) in [5.74, 6) is -0.844. The highest BCUT2D eigenvalue weighted by Gasteiger charge is 2.20. The number of ether oxygens (including phenoxy) is 3. The molecular formula is C76H144O6. The second-order valence-corrected chi connectivity index (χ2v) is 25.6. The summed E-state index contributed by atoms with van der Waals surface area (Å²) >= 11 is 0. The standard InChI is InChI=1S/C76H144O6/c1-4-7-10-13-16-19-22-25-27-29-31-32-33-34-35-36-37-38-39-40-41-42-43-44-45-47-48-51-54-57-60-63-66-69-75(78)81-72-73(71-80-74(77)68-65-62-59-56-53-50-24-21-18-15-12-9-6-3)82-76(79)70-67-64-61-58-55-52-49-46-30-28-26-23-20-17-14-11-8-5-2/h20,23,28,30,73H,4-19,21-22,24-27,29,31-72H2,1-3H3/b23-20-,30-28-. The van der Waals surface area contributed by atoms with Gasteiger partial charge in [0.1, 0.15) is 13.2 Å². The summed E-state index contributed by atoms with van der Waals surface area (Å²) in [5, 5.41) is 0. The fraction of sp³-hybridized carbons (Fsp3) is 0.908. The Bertz CT molecular complexity index is 1320. The van der Waals surface area contributed by atoms with Crippen molar-refractivity contribution in [3.05, 3.63) is 24.3 Å². The highest BCUT2D eigenvalue weighted by molar-refractivity contribution is 5.71. The molecule has 0 amide bonds. The third-order valence-corrected chi connectivity index (χ3v) is 17.2. The highest BCUT2D eigenvalue weighted by Crippen LogP contribution is 2.19. The first kappa shape index (κ1) is 79.9. The van der Waals surface area contributed by atoms with Gasteiger partial charge in [-0.3, -0.25) is 14.4 Å². The summed E-state index contributed by atoms with van der Waals surface area (Å²) in [7, 11) is 0. The van der Waals surface area contributed by atoms with Gasteiger partial charge < -0.3 is 14.2 Å². The number of carbonyl (C=O) groups is 3. The SMILES string of the molecule is CCCCCC/C=C\C/C=C\CCCCCCCCCC(=O)OC(COC(=O)CCCCCCCCCCCCCCC)COC(=O)CCCCCCCCCCCCCCCCCCCCCCCCCCCCCCCCCCC. The van der Waals surface area contributed by atoms with Gasteiger partial charge in [-0.25, -0.2) is 0 Å². The Hall–Kier alpha value is -2.11. The van der Waals surface area contributed by atoms with Gasteiger partial charge in [-0.15, -0.1) is 0 Å². The fourth-order valence-corrected chi connectivity index (χ4v) is 11.6. The van der Waals surface area contributed by atoms with E-state index < -0.39 is 6.10 Å². The zero-order chi connectivity index (χ0) is 59.2. The summed E-state index contributed by atoms with van der Waals surface area (Å²) in [6.45, 7) is 6.70. The first-order valence-electron chi connectivity index (χ1n) is 37.3. The van der Waals surface area contributed by atoms with Crippen molar-refractivity contribution in [3.8, 4) is 0 Å². The van der Waals surface area contributed by atoms with Crippen molar-refractivity contribution in [1.29, 1.82) is 0 Å². The molecule has 0 bridgehead atoms. The topological polar surface area (TPSA) is 78.9 Å². The van der Waals surface area contributed by atoms with Crippen molar-refractivity contribution in [2.45, 2.75) is 431 Å². The molecule has 0 rings (SSSR count). The number of unbranched alkanes of at least 4 members (excludes halogenated alkanes) is 55. The molecule has 1 atom stereocenters. The minimum Gasteiger partial charge on any atom is -0.462 e. The summed E-state index contributed by atoms with van der Waals surface area (Å²) in [6.07, 6.45) is 88.1. The van der Waals surface area contributed by atoms with E-state index in [-0.39, 0.29) is 31.1 Å². The van der Waals surface area contributed by atoms with Gasteiger partial charge in [0.25, 0.3) is 0 Å². The molecule has 0 radical (unpaired) electrons. The summed E-state index contributed by atoms with van der Waals surface area (Å²) in [6, 6.07) is 0. The number of carbonyl (C=O) groups excluding carboxylic acids is 3. The predicted molar refractivity (Wildman–Crippen MR) is 358 cm³/mol. The molecule has 0 aromatic rings. The van der Waals surface area contributed by atoms with E-state index in [1.54, 1.807) is 0 Å². The van der Waals surface area contributed by atoms with E-state index in [1.165, 1.54) is 315 Å². The molecule has 82 heavy (non-hydrogen) atoms. The summed E-state index contributed by atoms with van der Waals surface area (Å²) in [5.41, 5.74) is 0. The average Bonchev–Trinajstić information content (AvgIpc) is 3.47. The van der Waals surface area contributed by atoms with Crippen LogP contribution in [0.1, 0.15) is 425 Å². The molecule has 6 nitrogen and oxygen atoms in total. The van der Waals surface area contributed by atoms with E-state index in [9.17, 15) is 14.4 Å². The molecule has 0 aliphatic carbocycles. The van der Waals surface area contributed by atoms with Gasteiger partial charge in [0.05, 0.1) is 0 Å². The lowest BCUT2D eigenvalue weighted by molar-refractivity contribution is -0.167. The third-order valence-electron chi connectivity index (χ3n) is 17.2. The number of esters is 3. The van der Waals surface area contributed by atoms with E-state index in [0.29, 0.717) is 19.3 Å². The largest absolute Gasteiger partial charge is 0.462 e. The van der Waals surface area contributed by atoms with Crippen molar-refractivity contribution in [3.63, 3.8) is 0 Å². The van der Waals surface area contributed by atoms with Crippen LogP contribution in [0, 0.1) is 0 Å². The molecule has 0 aliphatic heterocycles. The third kappa shape index (κ3) is 68.7. The molecule has 0 aromatic carbocycles. The van der Waals surface area contributed by atoms with Crippen LogP contribution in [0.5, 0.6) is 0 Å². The number of hydrogen-bond acceptors (Lipinski definition) is 6. The minimum atomic E-state index is -0.772. The second-order valence-electron chi connectivity index (χ2n) is 25.6. The van der Waals surface area contributed by atoms with Crippen LogP contribution < -0.4 is 0 Å². The lowest BCUT2D eigenvalue weighted by Crippen LogP contribution is -2.30. The molecule has 0 aliphatic rings. The Balaban J connectivity index is 4.09. The van der Waals surface area contributed by atoms with Gasteiger partial charge in [-0.1, -0.05) is 379 Å². The van der Waals surface area contributed by atoms with E-state index in [2.05, 4.69) is 45.1 Å². The molecule has 1 unspecified atom stereocenters. The quantitative estimate of drug-likeness (QED) is 0.0261. The van der Waals surface area contributed by atoms with Crippen molar-refractivity contribution < 1.29 is 28.6 Å². The van der Waals surface area contributed by atoms with Gasteiger partial charge in [-0.05, 0) is 51.4 Å². The van der Waals surface area contributed by atoms with Crippen LogP contribution in [0.3, 0.4) is 0 Å². The smallest absolute Gasteiger partial charge is 0.306 e. The first-order chi connectivity index (χ1) is 40.5. The predicted octanol–water partition coefficient (Wildman–Crippen LogP) is 25.7. The van der Waals surface area contributed by atoms with Gasteiger partial charge >= 0.3 is 17.9 Å². The minimum absolute atomic E-state index is 0.0682. The molecule has 0 saturated heterocycles. The normalized spacial score (nSPS) is 12.1. The Morgan fingerprint density at radius 2 is 0.439 bits per heavy atom. The van der Waals surface area contributed by atoms with Crippen LogP contribution in [0.4, 0.5) is 0 Å². The van der Waals surface area contributed by atoms with E-state index >= 15 is 0 Å². The molecule has 0 aromatic heterocycles. The van der Waals surface area contributed by atoms with E-state index in [0.717, 1.165) is 70.6 Å². The van der Waals surface area contributed by atoms with Crippen LogP contribution >= 0.6 is 0 Å². The fourth-order valence-electron chi connectivity index (χ4n) is 11.6. The Morgan fingerprint density at radius 1 is 0.244 bits per heavy atom. The van der Waals surface area contributed by atoms with Crippen LogP contribution in [0.25, 0.3) is 0 Å². The van der Waals surface area contributed by atoms with Crippen LogP contribution in [-0.2, 0) is 28.6 Å². The van der Waals surface area contributed by atoms with Crippen molar-refractivity contribution >= 4 is 17.9 Å². The van der Waals surface area contributed by atoms with Crippen LogP contribution in [0.15, 0.2) is 24.3 Å². The zero-order valence-electron chi connectivity index (χ0n) is 55.8. The maximum atomic E-state index is 12.9. The van der Waals surface area contributed by atoms with E-state index in [4.69, 9.17) is 14.2 Å². The van der Waals surface area contributed by atoms with Crippen LogP contribution in [0.2, 0.25) is 0 Å². The first-order valence-corrected chi connectivity index (χ1v) is 37.3. The average molecular weight is 1150 g/mol. The molecule has 0 spiro atoms. The lowest BCUT2D eigenvalue weighted by atomic mass is 10.0. The second kappa shape index (κ2) is 71.4. The molecule has 0 heterocycles. The van der Waals surface area contributed by atoms with Gasteiger partial charge in [0, 0.05) is 19.3 Å². The maximum absolute atomic E-state index is 12.9. The Kier molecular flexibility index (Phi) is 69.5. The van der Waals surface area contributed by atoms with Gasteiger partial charge in [-0.2, -0.15) is 0 Å². The Morgan fingerprint density at radius 3 is 0.683 bits per heavy atom. The van der Waals surface area contributed by atoms with E-state index in [1.807, 2.05) is 0 Å². The highest BCUT2D eigenvalue weighted by atomic mass is 16.6. The van der Waals surface area contributed by atoms with Crippen LogP contribution in [-0.4, -0.2) is 37.2 Å². The molecule has 484 valence electrons.